The second-order valence-corrected chi connectivity index (χ2v) is 6.27. The number of pyridine rings is 2. The van der Waals surface area contributed by atoms with E-state index in [0.717, 1.165) is 29.7 Å². The molecule has 1 saturated carbocycles. The lowest BCUT2D eigenvalue weighted by molar-refractivity contribution is 0.0668. The van der Waals surface area contributed by atoms with Crippen LogP contribution in [0.5, 0.6) is 5.75 Å². The minimum atomic E-state index is -0.969. The number of ether oxygens (including phenoxy) is 1. The normalized spacial score (nSPS) is 19.3. The predicted octanol–water partition coefficient (Wildman–Crippen LogP) is 3.75. The largest absolute Gasteiger partial charge is 0.484 e. The van der Waals surface area contributed by atoms with Crippen LogP contribution in [0.2, 0.25) is 0 Å². The quantitative estimate of drug-likeness (QED) is 0.705. The molecule has 0 spiro atoms. The Morgan fingerprint density at radius 3 is 2.73 bits per heavy atom. The zero-order valence-electron chi connectivity index (χ0n) is 13.8. The van der Waals surface area contributed by atoms with Crippen molar-refractivity contribution in [2.24, 2.45) is 0 Å². The highest BCUT2D eigenvalue weighted by atomic mass is 19.1. The Hall–Kier alpha value is -2.67. The summed E-state index contributed by atoms with van der Waals surface area (Å²) in [5.74, 6) is -2.23. The maximum absolute atomic E-state index is 14.2. The highest BCUT2D eigenvalue weighted by molar-refractivity contribution is 5.84. The molecule has 0 amide bonds. The van der Waals surface area contributed by atoms with E-state index in [1.165, 1.54) is 12.1 Å². The Morgan fingerprint density at radius 1 is 1.08 bits per heavy atom. The standard InChI is InChI=1S/C19H16F3N3O/c20-14-2-1-11-9-23-8-7-12(11)13(14)10-24-15-3-4-16(15)26-17-5-6-18(21)25-19(17)22/h1-2,5-9,15-16,24H,3-4,10H2/t15-,16-/m1/s1. The summed E-state index contributed by atoms with van der Waals surface area (Å²) < 4.78 is 46.3. The summed E-state index contributed by atoms with van der Waals surface area (Å²) >= 11 is 0. The van der Waals surface area contributed by atoms with Crippen molar-refractivity contribution in [3.8, 4) is 5.75 Å². The second kappa shape index (κ2) is 6.92. The van der Waals surface area contributed by atoms with Gasteiger partial charge in [0.1, 0.15) is 11.9 Å². The minimum Gasteiger partial charge on any atom is -0.484 e. The van der Waals surface area contributed by atoms with Crippen molar-refractivity contribution in [3.63, 3.8) is 0 Å². The molecule has 1 N–H and O–H groups in total. The van der Waals surface area contributed by atoms with Crippen LogP contribution in [-0.4, -0.2) is 22.1 Å². The lowest BCUT2D eigenvalue weighted by atomic mass is 9.88. The van der Waals surface area contributed by atoms with Crippen LogP contribution in [0, 0.1) is 17.7 Å². The number of benzene rings is 1. The van der Waals surface area contributed by atoms with E-state index in [9.17, 15) is 13.2 Å². The summed E-state index contributed by atoms with van der Waals surface area (Å²) in [5.41, 5.74) is 0.560. The molecule has 3 aromatic rings. The van der Waals surface area contributed by atoms with Crippen LogP contribution in [0.15, 0.2) is 42.7 Å². The lowest BCUT2D eigenvalue weighted by Gasteiger charge is -2.37. The molecule has 2 aromatic heterocycles. The van der Waals surface area contributed by atoms with E-state index in [1.807, 2.05) is 0 Å². The number of halogens is 3. The fraction of sp³-hybridized carbons (Fsp3) is 0.263. The van der Waals surface area contributed by atoms with Gasteiger partial charge in [0.15, 0.2) is 5.75 Å². The summed E-state index contributed by atoms with van der Waals surface area (Å²) in [6.07, 6.45) is 4.62. The molecule has 0 radical (unpaired) electrons. The molecule has 1 aliphatic rings. The van der Waals surface area contributed by atoms with Gasteiger partial charge in [0.05, 0.1) is 0 Å². The number of nitrogens with zero attached hydrogens (tertiary/aromatic N) is 2. The Balaban J connectivity index is 1.45. The Kier molecular flexibility index (Phi) is 4.46. The van der Waals surface area contributed by atoms with Gasteiger partial charge in [-0.2, -0.15) is 13.8 Å². The molecular formula is C19H16F3N3O. The van der Waals surface area contributed by atoms with Crippen LogP contribution in [0.1, 0.15) is 18.4 Å². The SMILES string of the molecule is Fc1ccc(O[C@@H]2CC[C@H]2NCc2c(F)ccc3cnccc23)c(F)n1. The maximum atomic E-state index is 14.2. The van der Waals surface area contributed by atoms with Crippen LogP contribution >= 0.6 is 0 Å². The summed E-state index contributed by atoms with van der Waals surface area (Å²) in [7, 11) is 0. The van der Waals surface area contributed by atoms with Gasteiger partial charge in [0, 0.05) is 35.9 Å². The first-order chi connectivity index (χ1) is 12.6. The third-order valence-corrected chi connectivity index (χ3v) is 4.69. The van der Waals surface area contributed by atoms with Crippen LogP contribution in [-0.2, 0) is 6.54 Å². The zero-order chi connectivity index (χ0) is 18.1. The number of hydrogen-bond acceptors (Lipinski definition) is 4. The van der Waals surface area contributed by atoms with Crippen LogP contribution in [0.25, 0.3) is 10.8 Å². The van der Waals surface area contributed by atoms with Gasteiger partial charge in [-0.05, 0) is 48.6 Å². The summed E-state index contributed by atoms with van der Waals surface area (Å²) in [6.45, 7) is 0.321. The molecule has 2 heterocycles. The second-order valence-electron chi connectivity index (χ2n) is 6.27. The average Bonchev–Trinajstić information content (AvgIpc) is 2.62. The van der Waals surface area contributed by atoms with Crippen molar-refractivity contribution in [2.45, 2.75) is 31.5 Å². The highest BCUT2D eigenvalue weighted by Crippen LogP contribution is 2.28. The van der Waals surface area contributed by atoms with E-state index >= 15 is 0 Å². The molecule has 4 nitrogen and oxygen atoms in total. The number of fused-ring (bicyclic) bond motifs is 1. The van der Waals surface area contributed by atoms with E-state index in [1.54, 1.807) is 24.5 Å². The number of aromatic nitrogens is 2. The van der Waals surface area contributed by atoms with Crippen molar-refractivity contribution in [3.05, 3.63) is 66.0 Å². The topological polar surface area (TPSA) is 47.0 Å². The number of nitrogens with one attached hydrogen (secondary N) is 1. The molecule has 0 bridgehead atoms. The third kappa shape index (κ3) is 3.22. The van der Waals surface area contributed by atoms with Gasteiger partial charge in [0.2, 0.25) is 5.95 Å². The van der Waals surface area contributed by atoms with Gasteiger partial charge >= 0.3 is 0 Å². The van der Waals surface area contributed by atoms with E-state index in [4.69, 9.17) is 4.74 Å². The molecule has 1 fully saturated rings. The molecule has 1 aromatic carbocycles. The number of hydrogen-bond donors (Lipinski definition) is 1. The molecule has 134 valence electrons. The molecule has 0 unspecified atom stereocenters. The van der Waals surface area contributed by atoms with Crippen molar-refractivity contribution in [2.75, 3.05) is 0 Å². The van der Waals surface area contributed by atoms with Gasteiger partial charge in [-0.1, -0.05) is 0 Å². The summed E-state index contributed by atoms with van der Waals surface area (Å²) in [5, 5.41) is 4.94. The maximum Gasteiger partial charge on any atom is 0.257 e. The lowest BCUT2D eigenvalue weighted by Crippen LogP contribution is -2.50. The van der Waals surface area contributed by atoms with Gasteiger partial charge in [-0.3, -0.25) is 4.98 Å². The predicted molar refractivity (Wildman–Crippen MR) is 90.1 cm³/mol. The molecule has 0 aliphatic heterocycles. The molecular weight excluding hydrogens is 343 g/mol. The van der Waals surface area contributed by atoms with E-state index < -0.39 is 11.9 Å². The monoisotopic (exact) mass is 359 g/mol. The number of rotatable bonds is 5. The fourth-order valence-corrected chi connectivity index (χ4v) is 3.11. The van der Waals surface area contributed by atoms with Gasteiger partial charge in [0.25, 0.3) is 5.95 Å². The fourth-order valence-electron chi connectivity index (χ4n) is 3.11. The van der Waals surface area contributed by atoms with Crippen LogP contribution < -0.4 is 10.1 Å². The smallest absolute Gasteiger partial charge is 0.257 e. The molecule has 4 rings (SSSR count). The first-order valence-corrected chi connectivity index (χ1v) is 8.35. The van der Waals surface area contributed by atoms with Gasteiger partial charge < -0.3 is 10.1 Å². The molecule has 1 aliphatic carbocycles. The minimum absolute atomic E-state index is 0.0454. The average molecular weight is 359 g/mol. The van der Waals surface area contributed by atoms with Crippen molar-refractivity contribution in [1.82, 2.24) is 15.3 Å². The highest BCUT2D eigenvalue weighted by Gasteiger charge is 2.33. The van der Waals surface area contributed by atoms with Crippen molar-refractivity contribution >= 4 is 10.8 Å². The molecule has 0 saturated heterocycles. The Bertz CT molecular complexity index is 950. The van der Waals surface area contributed by atoms with Crippen LogP contribution in [0.4, 0.5) is 13.2 Å². The van der Waals surface area contributed by atoms with E-state index in [2.05, 4.69) is 15.3 Å². The molecule has 7 heteroatoms. The Morgan fingerprint density at radius 2 is 1.96 bits per heavy atom. The molecule has 26 heavy (non-hydrogen) atoms. The first-order valence-electron chi connectivity index (χ1n) is 8.35. The summed E-state index contributed by atoms with van der Waals surface area (Å²) in [6, 6.07) is 7.14. The van der Waals surface area contributed by atoms with Crippen molar-refractivity contribution < 1.29 is 17.9 Å². The van der Waals surface area contributed by atoms with E-state index in [-0.39, 0.29) is 23.7 Å². The first kappa shape index (κ1) is 16.8. The Labute approximate surface area is 148 Å². The molecule has 2 atom stereocenters. The van der Waals surface area contributed by atoms with Crippen molar-refractivity contribution in [1.29, 1.82) is 0 Å². The van der Waals surface area contributed by atoms with Crippen LogP contribution in [0.3, 0.4) is 0 Å². The zero-order valence-corrected chi connectivity index (χ0v) is 13.8. The van der Waals surface area contributed by atoms with E-state index in [0.29, 0.717) is 12.1 Å². The van der Waals surface area contributed by atoms with Gasteiger partial charge in [-0.25, -0.2) is 4.39 Å². The third-order valence-electron chi connectivity index (χ3n) is 4.69. The summed E-state index contributed by atoms with van der Waals surface area (Å²) in [4.78, 5) is 7.16. The van der Waals surface area contributed by atoms with Gasteiger partial charge in [-0.15, -0.1) is 0 Å².